The molecule has 0 aliphatic carbocycles. The predicted octanol–water partition coefficient (Wildman–Crippen LogP) is 3.52. The van der Waals surface area contributed by atoms with Crippen molar-refractivity contribution in [1.29, 1.82) is 5.26 Å². The summed E-state index contributed by atoms with van der Waals surface area (Å²) in [6, 6.07) is 14.6. The van der Waals surface area contributed by atoms with E-state index in [0.717, 1.165) is 6.08 Å². The highest BCUT2D eigenvalue weighted by Gasteiger charge is 2.14. The van der Waals surface area contributed by atoms with Gasteiger partial charge in [0, 0.05) is 18.2 Å². The van der Waals surface area contributed by atoms with Crippen molar-refractivity contribution in [2.45, 2.75) is 0 Å². The largest absolute Gasteiger partial charge is 0.507 e. The van der Waals surface area contributed by atoms with Crippen LogP contribution in [0.3, 0.4) is 0 Å². The third kappa shape index (κ3) is 4.64. The normalized spacial score (nSPS) is 11.8. The number of para-hydroxylation sites is 2. The Morgan fingerprint density at radius 1 is 1.28 bits per heavy atom. The third-order valence-corrected chi connectivity index (χ3v) is 3.89. The van der Waals surface area contributed by atoms with Crippen LogP contribution in [-0.4, -0.2) is 32.6 Å². The number of nitrogens with zero attached hydrogens (tertiary/aromatic N) is 3. The van der Waals surface area contributed by atoms with E-state index in [1.807, 2.05) is 6.07 Å². The van der Waals surface area contributed by atoms with E-state index in [9.17, 15) is 25.3 Å². The molecule has 0 saturated heterocycles. The minimum Gasteiger partial charge on any atom is -0.507 e. The Kier molecular flexibility index (Phi) is 5.66. The van der Waals surface area contributed by atoms with Crippen molar-refractivity contribution in [1.82, 2.24) is 9.97 Å². The number of imidazole rings is 1. The number of hydrogen-bond donors (Lipinski definition) is 2. The molecule has 0 aliphatic rings. The number of nitriles is 1. The SMILES string of the molecule is N#C/C(=C(/O)COC(=O)C=Cc1ccc([N+](=O)[O-])cc1)c1nc2ccccc2[nH]1. The number of fused-ring (bicyclic) bond motifs is 1. The van der Waals surface area contributed by atoms with Crippen LogP contribution >= 0.6 is 0 Å². The van der Waals surface area contributed by atoms with Crippen molar-refractivity contribution in [3.05, 3.63) is 81.9 Å². The van der Waals surface area contributed by atoms with Crippen LogP contribution in [0.15, 0.2) is 60.4 Å². The van der Waals surface area contributed by atoms with E-state index >= 15 is 0 Å². The summed E-state index contributed by atoms with van der Waals surface area (Å²) in [4.78, 5) is 29.1. The molecule has 0 saturated carbocycles. The van der Waals surface area contributed by atoms with Crippen molar-refractivity contribution in [3.63, 3.8) is 0 Å². The molecule has 9 nitrogen and oxygen atoms in total. The number of esters is 1. The number of nitrogens with one attached hydrogen (secondary N) is 1. The van der Waals surface area contributed by atoms with Crippen LogP contribution in [0.5, 0.6) is 0 Å². The van der Waals surface area contributed by atoms with Crippen LogP contribution in [-0.2, 0) is 9.53 Å². The minimum atomic E-state index is -0.753. The van der Waals surface area contributed by atoms with Crippen LogP contribution < -0.4 is 0 Å². The van der Waals surface area contributed by atoms with Gasteiger partial charge in [-0.25, -0.2) is 9.78 Å². The summed E-state index contributed by atoms with van der Waals surface area (Å²) < 4.78 is 4.93. The Bertz CT molecular complexity index is 1140. The molecule has 0 amide bonds. The molecule has 2 aromatic carbocycles. The van der Waals surface area contributed by atoms with Crippen molar-refractivity contribution in [3.8, 4) is 6.07 Å². The standard InChI is InChI=1S/C20H14N4O5/c21-11-15(20-22-16-3-1-2-4-17(16)23-20)18(25)12-29-19(26)10-7-13-5-8-14(9-6-13)24(27)28/h1-10,25H,12H2,(H,22,23)/b10-7?,18-15-. The van der Waals surface area contributed by atoms with Crippen molar-refractivity contribution in [2.24, 2.45) is 0 Å². The highest BCUT2D eigenvalue weighted by Crippen LogP contribution is 2.19. The van der Waals surface area contributed by atoms with Gasteiger partial charge in [0.2, 0.25) is 0 Å². The van der Waals surface area contributed by atoms with E-state index in [0.29, 0.717) is 16.6 Å². The fourth-order valence-corrected chi connectivity index (χ4v) is 2.46. The fourth-order valence-electron chi connectivity index (χ4n) is 2.46. The number of hydrogen-bond acceptors (Lipinski definition) is 7. The number of aliphatic hydroxyl groups is 1. The molecule has 0 radical (unpaired) electrons. The number of allylic oxidation sites excluding steroid dienone is 1. The zero-order valence-corrected chi connectivity index (χ0v) is 14.9. The maximum absolute atomic E-state index is 11.8. The lowest BCUT2D eigenvalue weighted by atomic mass is 10.2. The molecule has 1 heterocycles. The number of rotatable bonds is 6. The Morgan fingerprint density at radius 3 is 2.66 bits per heavy atom. The van der Waals surface area contributed by atoms with Gasteiger partial charge in [0.15, 0.2) is 11.6 Å². The number of aliphatic hydroxyl groups excluding tert-OH is 1. The summed E-state index contributed by atoms with van der Waals surface area (Å²) >= 11 is 0. The molecule has 3 rings (SSSR count). The predicted molar refractivity (Wildman–Crippen MR) is 104 cm³/mol. The number of aromatic nitrogens is 2. The molecular weight excluding hydrogens is 376 g/mol. The summed E-state index contributed by atoms with van der Waals surface area (Å²) in [6.45, 7) is -0.511. The van der Waals surface area contributed by atoms with Gasteiger partial charge in [0.05, 0.1) is 16.0 Å². The van der Waals surface area contributed by atoms with Crippen LogP contribution in [0.25, 0.3) is 22.7 Å². The Balaban J connectivity index is 1.66. The van der Waals surface area contributed by atoms with Gasteiger partial charge in [0.25, 0.3) is 5.69 Å². The molecule has 0 spiro atoms. The summed E-state index contributed by atoms with van der Waals surface area (Å²) in [7, 11) is 0. The van der Waals surface area contributed by atoms with Crippen LogP contribution in [0.1, 0.15) is 11.4 Å². The summed E-state index contributed by atoms with van der Waals surface area (Å²) in [6.07, 6.45) is 2.53. The van der Waals surface area contributed by atoms with Crippen LogP contribution in [0, 0.1) is 21.4 Å². The van der Waals surface area contributed by atoms with Gasteiger partial charge in [0.1, 0.15) is 18.2 Å². The lowest BCUT2D eigenvalue weighted by Crippen LogP contribution is -2.06. The van der Waals surface area contributed by atoms with E-state index in [-0.39, 0.29) is 17.1 Å². The molecule has 1 aromatic heterocycles. The number of H-pyrrole nitrogens is 1. The molecule has 2 N–H and O–H groups in total. The molecule has 0 fully saturated rings. The first kappa shape index (κ1) is 19.3. The number of nitro benzene ring substituents is 1. The van der Waals surface area contributed by atoms with Crippen molar-refractivity contribution < 1.29 is 19.6 Å². The molecule has 0 atom stereocenters. The highest BCUT2D eigenvalue weighted by atomic mass is 16.6. The lowest BCUT2D eigenvalue weighted by molar-refractivity contribution is -0.384. The van der Waals surface area contributed by atoms with Gasteiger partial charge in [-0.05, 0) is 35.9 Å². The van der Waals surface area contributed by atoms with Gasteiger partial charge in [-0.2, -0.15) is 5.26 Å². The van der Waals surface area contributed by atoms with Crippen LogP contribution in [0.2, 0.25) is 0 Å². The van der Waals surface area contributed by atoms with Crippen molar-refractivity contribution >= 4 is 34.3 Å². The number of ether oxygens (including phenoxy) is 1. The quantitative estimate of drug-likeness (QED) is 0.164. The maximum Gasteiger partial charge on any atom is 0.331 e. The maximum atomic E-state index is 11.8. The molecule has 3 aromatic rings. The topological polar surface area (TPSA) is 142 Å². The monoisotopic (exact) mass is 390 g/mol. The Morgan fingerprint density at radius 2 is 2.00 bits per heavy atom. The minimum absolute atomic E-state index is 0.0607. The first-order valence-corrected chi connectivity index (χ1v) is 8.34. The Labute approximate surface area is 164 Å². The fraction of sp³-hybridized carbons (Fsp3) is 0.0500. The zero-order valence-electron chi connectivity index (χ0n) is 14.9. The summed E-state index contributed by atoms with van der Waals surface area (Å²) in [5.41, 5.74) is 1.70. The summed E-state index contributed by atoms with van der Waals surface area (Å²) in [5, 5.41) is 30.1. The molecule has 9 heteroatoms. The third-order valence-electron chi connectivity index (χ3n) is 3.89. The molecular formula is C20H14N4O5. The molecule has 0 bridgehead atoms. The second kappa shape index (κ2) is 8.49. The number of non-ortho nitro benzene ring substituents is 1. The zero-order chi connectivity index (χ0) is 20.8. The lowest BCUT2D eigenvalue weighted by Gasteiger charge is -2.03. The molecule has 29 heavy (non-hydrogen) atoms. The number of carbonyl (C=O) groups excluding carboxylic acids is 1. The van der Waals surface area contributed by atoms with E-state index in [1.54, 1.807) is 24.3 Å². The number of nitro groups is 1. The molecule has 0 aliphatic heterocycles. The summed E-state index contributed by atoms with van der Waals surface area (Å²) in [5.74, 6) is -1.02. The van der Waals surface area contributed by atoms with E-state index in [2.05, 4.69) is 9.97 Å². The van der Waals surface area contributed by atoms with E-state index < -0.39 is 23.3 Å². The van der Waals surface area contributed by atoms with Gasteiger partial charge in [-0.15, -0.1) is 0 Å². The van der Waals surface area contributed by atoms with Gasteiger partial charge in [-0.3, -0.25) is 10.1 Å². The van der Waals surface area contributed by atoms with Crippen molar-refractivity contribution in [2.75, 3.05) is 6.61 Å². The molecule has 0 unspecified atom stereocenters. The van der Waals surface area contributed by atoms with Gasteiger partial charge in [-0.1, -0.05) is 12.1 Å². The van der Waals surface area contributed by atoms with Gasteiger partial charge >= 0.3 is 5.97 Å². The first-order chi connectivity index (χ1) is 14.0. The van der Waals surface area contributed by atoms with E-state index in [4.69, 9.17) is 4.74 Å². The first-order valence-electron chi connectivity index (χ1n) is 8.34. The van der Waals surface area contributed by atoms with Crippen LogP contribution in [0.4, 0.5) is 5.69 Å². The number of aromatic amines is 1. The number of carbonyl (C=O) groups is 1. The smallest absolute Gasteiger partial charge is 0.331 e. The average Bonchev–Trinajstić information content (AvgIpc) is 3.15. The van der Waals surface area contributed by atoms with Gasteiger partial charge < -0.3 is 14.8 Å². The Hall–Kier alpha value is -4.45. The second-order valence-electron chi connectivity index (χ2n) is 5.83. The number of benzene rings is 2. The average molecular weight is 390 g/mol. The molecule has 144 valence electrons. The highest BCUT2D eigenvalue weighted by molar-refractivity contribution is 5.87. The van der Waals surface area contributed by atoms with E-state index in [1.165, 1.54) is 30.3 Å². The second-order valence-corrected chi connectivity index (χ2v) is 5.83.